The molecule has 140 valence electrons. The molecule has 27 heavy (non-hydrogen) atoms. The lowest BCUT2D eigenvalue weighted by atomic mass is 10.1. The molecule has 0 bridgehead atoms. The number of rotatable bonds is 7. The summed E-state index contributed by atoms with van der Waals surface area (Å²) in [7, 11) is 0. The second-order valence-electron chi connectivity index (χ2n) is 5.86. The number of hydrogen-bond donors (Lipinski definition) is 1. The van der Waals surface area contributed by atoms with Crippen LogP contribution in [-0.2, 0) is 4.79 Å². The van der Waals surface area contributed by atoms with Gasteiger partial charge in [-0.1, -0.05) is 53.5 Å². The van der Waals surface area contributed by atoms with E-state index in [1.165, 1.54) is 11.3 Å². The van der Waals surface area contributed by atoms with Crippen LogP contribution in [0.5, 0.6) is 5.75 Å². The number of nitrogens with one attached hydrogen (secondary N) is 1. The molecule has 2 aromatic carbocycles. The van der Waals surface area contributed by atoms with Gasteiger partial charge in [-0.05, 0) is 31.5 Å². The summed E-state index contributed by atoms with van der Waals surface area (Å²) in [6, 6.07) is 15.0. The van der Waals surface area contributed by atoms with Crippen LogP contribution in [0.4, 0.5) is 5.13 Å². The molecule has 0 radical (unpaired) electrons. The van der Waals surface area contributed by atoms with Gasteiger partial charge in [0, 0.05) is 21.9 Å². The molecule has 1 N–H and O–H groups in total. The summed E-state index contributed by atoms with van der Waals surface area (Å²) >= 11 is 13.4. The van der Waals surface area contributed by atoms with E-state index < -0.39 is 0 Å². The highest BCUT2D eigenvalue weighted by Gasteiger charge is 2.12. The fourth-order valence-electron chi connectivity index (χ4n) is 2.50. The lowest BCUT2D eigenvalue weighted by Crippen LogP contribution is -2.12. The second-order valence-corrected chi connectivity index (χ2v) is 7.91. The largest absolute Gasteiger partial charge is 0.492 e. The zero-order chi connectivity index (χ0) is 19.2. The van der Waals surface area contributed by atoms with Crippen molar-refractivity contribution in [3.05, 3.63) is 63.5 Å². The Morgan fingerprint density at radius 2 is 1.96 bits per heavy atom. The molecule has 7 heteroatoms. The molecule has 0 aliphatic carbocycles. The fraction of sp³-hybridized carbons (Fsp3) is 0.200. The number of benzene rings is 2. The first-order valence-corrected chi connectivity index (χ1v) is 10.0. The van der Waals surface area contributed by atoms with Crippen molar-refractivity contribution in [1.29, 1.82) is 0 Å². The Kier molecular flexibility index (Phi) is 6.72. The molecule has 0 spiro atoms. The molecule has 0 aliphatic rings. The van der Waals surface area contributed by atoms with Crippen molar-refractivity contribution in [3.8, 4) is 17.0 Å². The van der Waals surface area contributed by atoms with Gasteiger partial charge in [-0.15, -0.1) is 11.3 Å². The van der Waals surface area contributed by atoms with Gasteiger partial charge in [0.05, 0.1) is 17.3 Å². The molecule has 0 saturated heterocycles. The lowest BCUT2D eigenvalue weighted by molar-refractivity contribution is -0.116. The number of amides is 1. The minimum atomic E-state index is -0.0887. The topological polar surface area (TPSA) is 51.2 Å². The molecule has 1 aromatic heterocycles. The second kappa shape index (κ2) is 9.22. The Hall–Kier alpha value is -2.08. The van der Waals surface area contributed by atoms with E-state index in [1.807, 2.05) is 37.3 Å². The van der Waals surface area contributed by atoms with Gasteiger partial charge < -0.3 is 10.1 Å². The van der Waals surface area contributed by atoms with Crippen molar-refractivity contribution in [3.63, 3.8) is 0 Å². The van der Waals surface area contributed by atoms with Gasteiger partial charge in [0.2, 0.25) is 5.91 Å². The molecule has 0 saturated carbocycles. The molecular weight excluding hydrogens is 403 g/mol. The molecule has 0 unspecified atom stereocenters. The molecule has 4 nitrogen and oxygen atoms in total. The number of aryl methyl sites for hydroxylation is 1. The van der Waals surface area contributed by atoms with Gasteiger partial charge >= 0.3 is 0 Å². The molecule has 1 heterocycles. The number of ether oxygens (including phenoxy) is 1. The maximum Gasteiger partial charge on any atom is 0.226 e. The summed E-state index contributed by atoms with van der Waals surface area (Å²) in [4.78, 5) is 17.8. The normalized spacial score (nSPS) is 10.6. The zero-order valence-corrected chi connectivity index (χ0v) is 17.0. The third-order valence-electron chi connectivity index (χ3n) is 3.79. The number of anilines is 1. The Labute approximate surface area is 172 Å². The van der Waals surface area contributed by atoms with Gasteiger partial charge in [-0.3, -0.25) is 4.79 Å². The van der Waals surface area contributed by atoms with Crippen LogP contribution in [0.1, 0.15) is 17.7 Å². The van der Waals surface area contributed by atoms with Crippen molar-refractivity contribution in [2.45, 2.75) is 19.8 Å². The van der Waals surface area contributed by atoms with E-state index in [9.17, 15) is 4.79 Å². The number of carbonyl (C=O) groups excluding carboxylic acids is 1. The van der Waals surface area contributed by atoms with Crippen LogP contribution in [0.2, 0.25) is 10.0 Å². The van der Waals surface area contributed by atoms with Crippen LogP contribution in [0, 0.1) is 6.92 Å². The van der Waals surface area contributed by atoms with E-state index >= 15 is 0 Å². The highest BCUT2D eigenvalue weighted by atomic mass is 35.5. The number of aromatic nitrogens is 1. The number of nitrogens with zero attached hydrogens (tertiary/aromatic N) is 1. The SMILES string of the molecule is Cc1sc(NC(=O)CCCOc2ccc(Cl)cc2Cl)nc1-c1ccccc1. The van der Waals surface area contributed by atoms with Crippen LogP contribution in [0.15, 0.2) is 48.5 Å². The summed E-state index contributed by atoms with van der Waals surface area (Å²) < 4.78 is 5.59. The average molecular weight is 421 g/mol. The molecule has 3 aromatic rings. The summed E-state index contributed by atoms with van der Waals surface area (Å²) in [5.74, 6) is 0.471. The van der Waals surface area contributed by atoms with Crippen LogP contribution >= 0.6 is 34.5 Å². The summed E-state index contributed by atoms with van der Waals surface area (Å²) in [5.41, 5.74) is 1.94. The van der Waals surface area contributed by atoms with Crippen molar-refractivity contribution >= 4 is 45.6 Å². The summed E-state index contributed by atoms with van der Waals surface area (Å²) in [6.07, 6.45) is 0.908. The molecule has 0 atom stereocenters. The van der Waals surface area contributed by atoms with E-state index in [4.69, 9.17) is 27.9 Å². The highest BCUT2D eigenvalue weighted by molar-refractivity contribution is 7.16. The first-order valence-electron chi connectivity index (χ1n) is 8.43. The third kappa shape index (κ3) is 5.45. The van der Waals surface area contributed by atoms with Crippen molar-refractivity contribution in [1.82, 2.24) is 4.98 Å². The first-order chi connectivity index (χ1) is 13.0. The lowest BCUT2D eigenvalue weighted by Gasteiger charge is -2.08. The fourth-order valence-corrected chi connectivity index (χ4v) is 3.82. The van der Waals surface area contributed by atoms with E-state index in [-0.39, 0.29) is 5.91 Å². The summed E-state index contributed by atoms with van der Waals surface area (Å²) in [5, 5.41) is 4.48. The molecule has 0 fully saturated rings. The monoisotopic (exact) mass is 420 g/mol. The standard InChI is InChI=1S/C20H18Cl2N2O2S/c1-13-19(14-6-3-2-4-7-14)24-20(27-13)23-18(25)8-5-11-26-17-10-9-15(21)12-16(17)22/h2-4,6-7,9-10,12H,5,8,11H2,1H3,(H,23,24,25). The Morgan fingerprint density at radius 3 is 2.70 bits per heavy atom. The molecule has 1 amide bonds. The minimum Gasteiger partial charge on any atom is -0.492 e. The first kappa shape index (κ1) is 19.7. The van der Waals surface area contributed by atoms with E-state index in [0.717, 1.165) is 16.1 Å². The summed E-state index contributed by atoms with van der Waals surface area (Å²) in [6.45, 7) is 2.39. The Balaban J connectivity index is 1.48. The van der Waals surface area contributed by atoms with E-state index in [1.54, 1.807) is 18.2 Å². The Bertz CT molecular complexity index is 929. The van der Waals surface area contributed by atoms with Crippen molar-refractivity contribution in [2.75, 3.05) is 11.9 Å². The highest BCUT2D eigenvalue weighted by Crippen LogP contribution is 2.30. The van der Waals surface area contributed by atoms with Gasteiger partial charge in [0.25, 0.3) is 0 Å². The van der Waals surface area contributed by atoms with Crippen LogP contribution in [0.3, 0.4) is 0 Å². The smallest absolute Gasteiger partial charge is 0.226 e. The predicted octanol–water partition coefficient (Wildman–Crippen LogP) is 6.22. The van der Waals surface area contributed by atoms with Crippen LogP contribution < -0.4 is 10.1 Å². The number of halogens is 2. The quantitative estimate of drug-likeness (QED) is 0.461. The molecular formula is C20H18Cl2N2O2S. The number of thiazole rings is 1. The molecule has 0 aliphatic heterocycles. The van der Waals surface area contributed by atoms with Crippen molar-refractivity contribution < 1.29 is 9.53 Å². The number of hydrogen-bond acceptors (Lipinski definition) is 4. The van der Waals surface area contributed by atoms with Crippen molar-refractivity contribution in [2.24, 2.45) is 0 Å². The minimum absolute atomic E-state index is 0.0887. The van der Waals surface area contributed by atoms with Gasteiger partial charge in [-0.25, -0.2) is 4.98 Å². The van der Waals surface area contributed by atoms with Crippen LogP contribution in [-0.4, -0.2) is 17.5 Å². The third-order valence-corrected chi connectivity index (χ3v) is 5.21. The number of carbonyl (C=O) groups is 1. The van der Waals surface area contributed by atoms with E-state index in [0.29, 0.717) is 40.4 Å². The van der Waals surface area contributed by atoms with Gasteiger partial charge in [-0.2, -0.15) is 0 Å². The maximum absolute atomic E-state index is 12.1. The van der Waals surface area contributed by atoms with Gasteiger partial charge in [0.15, 0.2) is 5.13 Å². The predicted molar refractivity (Wildman–Crippen MR) is 112 cm³/mol. The zero-order valence-electron chi connectivity index (χ0n) is 14.7. The van der Waals surface area contributed by atoms with E-state index in [2.05, 4.69) is 10.3 Å². The van der Waals surface area contributed by atoms with Gasteiger partial charge in [0.1, 0.15) is 5.75 Å². The van der Waals surface area contributed by atoms with Crippen LogP contribution in [0.25, 0.3) is 11.3 Å². The molecule has 3 rings (SSSR count). The average Bonchev–Trinajstić information content (AvgIpc) is 3.01. The Morgan fingerprint density at radius 1 is 1.19 bits per heavy atom. The maximum atomic E-state index is 12.1.